The number of hydrogen-bond acceptors (Lipinski definition) is 4. The minimum atomic E-state index is -0.167. The molecule has 0 saturated heterocycles. The van der Waals surface area contributed by atoms with Crippen LogP contribution in [0.4, 0.5) is 0 Å². The van der Waals surface area contributed by atoms with Crippen molar-refractivity contribution in [1.29, 1.82) is 0 Å². The van der Waals surface area contributed by atoms with Gasteiger partial charge in [-0.05, 0) is 24.3 Å². The molecule has 0 amide bonds. The van der Waals surface area contributed by atoms with E-state index >= 15 is 0 Å². The summed E-state index contributed by atoms with van der Waals surface area (Å²) in [5.74, 6) is 0.554. The topological polar surface area (TPSA) is 80.6 Å². The van der Waals surface area contributed by atoms with Crippen molar-refractivity contribution in [2.45, 2.75) is 13.0 Å². The number of aryl methyl sites for hydroxylation is 2. The Labute approximate surface area is 136 Å². The van der Waals surface area contributed by atoms with Crippen LogP contribution < -0.4 is 11.1 Å². The molecule has 4 rings (SSSR count). The lowest BCUT2D eigenvalue weighted by atomic mass is 10.2. The molecule has 0 fully saturated rings. The third-order valence-corrected chi connectivity index (χ3v) is 3.98. The van der Waals surface area contributed by atoms with Gasteiger partial charge in [-0.2, -0.15) is 0 Å². The number of nitrogens with zero attached hydrogens (tertiary/aromatic N) is 3. The first kappa shape index (κ1) is 14.3. The summed E-state index contributed by atoms with van der Waals surface area (Å²) < 4.78 is 1.54. The van der Waals surface area contributed by atoms with Crippen LogP contribution in [-0.2, 0) is 13.0 Å². The Balaban J connectivity index is 1.67. The minimum Gasteiger partial charge on any atom is -0.310 e. The van der Waals surface area contributed by atoms with Crippen LogP contribution in [0.25, 0.3) is 21.8 Å². The lowest BCUT2D eigenvalue weighted by molar-refractivity contribution is 0.643. The van der Waals surface area contributed by atoms with E-state index in [4.69, 9.17) is 0 Å². The number of aromatic nitrogens is 4. The number of H-pyrrole nitrogens is 1. The van der Waals surface area contributed by atoms with Crippen LogP contribution in [0.3, 0.4) is 0 Å². The zero-order valence-corrected chi connectivity index (χ0v) is 12.8. The zero-order valence-electron chi connectivity index (χ0n) is 12.8. The summed E-state index contributed by atoms with van der Waals surface area (Å²) in [6.07, 6.45) is 1.98. The van der Waals surface area contributed by atoms with Gasteiger partial charge in [0.15, 0.2) is 0 Å². The van der Waals surface area contributed by atoms with Gasteiger partial charge in [-0.3, -0.25) is 14.2 Å². The maximum atomic E-state index is 12.5. The Morgan fingerprint density at radius 2 is 1.62 bits per heavy atom. The van der Waals surface area contributed by atoms with Crippen LogP contribution in [0.15, 0.2) is 64.4 Å². The standard InChI is InChI=1S/C18H14N4O2/c23-17-12-5-1-4-8-15(12)20-16(21-17)9-10-22-11-19-14-7-3-2-6-13(14)18(22)24/h1-8,11H,9-10H2,(H,20,21,23). The molecule has 0 atom stereocenters. The maximum Gasteiger partial charge on any atom is 0.261 e. The van der Waals surface area contributed by atoms with Gasteiger partial charge in [-0.15, -0.1) is 0 Å². The highest BCUT2D eigenvalue weighted by Gasteiger charge is 2.06. The number of rotatable bonds is 3. The van der Waals surface area contributed by atoms with Crippen LogP contribution in [0.2, 0.25) is 0 Å². The molecule has 1 N–H and O–H groups in total. The first-order chi connectivity index (χ1) is 11.7. The summed E-state index contributed by atoms with van der Waals surface area (Å²) in [6, 6.07) is 14.4. The first-order valence-corrected chi connectivity index (χ1v) is 7.64. The molecule has 2 heterocycles. The van der Waals surface area contributed by atoms with Gasteiger partial charge in [-0.25, -0.2) is 9.97 Å². The molecule has 0 aliphatic rings. The quantitative estimate of drug-likeness (QED) is 0.625. The number of nitrogens with one attached hydrogen (secondary N) is 1. The normalized spacial score (nSPS) is 11.2. The van der Waals surface area contributed by atoms with Crippen molar-refractivity contribution in [1.82, 2.24) is 19.5 Å². The fourth-order valence-corrected chi connectivity index (χ4v) is 2.75. The lowest BCUT2D eigenvalue weighted by Gasteiger charge is -2.07. The number of para-hydroxylation sites is 2. The molecule has 0 unspecified atom stereocenters. The average Bonchev–Trinajstić information content (AvgIpc) is 2.61. The fraction of sp³-hybridized carbons (Fsp3) is 0.111. The third-order valence-electron chi connectivity index (χ3n) is 3.98. The van der Waals surface area contributed by atoms with Gasteiger partial charge >= 0.3 is 0 Å². The van der Waals surface area contributed by atoms with E-state index in [1.165, 1.54) is 10.9 Å². The van der Waals surface area contributed by atoms with Crippen LogP contribution in [0, 0.1) is 0 Å². The highest BCUT2D eigenvalue weighted by Crippen LogP contribution is 2.07. The molecule has 118 valence electrons. The third kappa shape index (κ3) is 2.48. The van der Waals surface area contributed by atoms with E-state index < -0.39 is 0 Å². The minimum absolute atomic E-state index is 0.0938. The van der Waals surface area contributed by atoms with Gasteiger partial charge < -0.3 is 4.98 Å². The molecule has 0 radical (unpaired) electrons. The van der Waals surface area contributed by atoms with Crippen molar-refractivity contribution in [3.8, 4) is 0 Å². The van der Waals surface area contributed by atoms with Crippen LogP contribution in [-0.4, -0.2) is 19.5 Å². The summed E-state index contributed by atoms with van der Waals surface area (Å²) >= 11 is 0. The Bertz CT molecular complexity index is 1160. The molecule has 0 aliphatic carbocycles. The molecule has 0 spiro atoms. The molecule has 0 bridgehead atoms. The number of fused-ring (bicyclic) bond motifs is 2. The average molecular weight is 318 g/mol. The van der Waals surface area contributed by atoms with Crippen LogP contribution >= 0.6 is 0 Å². The Hall–Kier alpha value is -3.28. The Kier molecular flexibility index (Phi) is 3.42. The van der Waals surface area contributed by atoms with Gasteiger partial charge in [-0.1, -0.05) is 24.3 Å². The molecule has 6 nitrogen and oxygen atoms in total. The van der Waals surface area contributed by atoms with E-state index in [2.05, 4.69) is 15.0 Å². The van der Waals surface area contributed by atoms with Crippen LogP contribution in [0.1, 0.15) is 5.82 Å². The highest BCUT2D eigenvalue weighted by atomic mass is 16.1. The molecule has 0 saturated carbocycles. The maximum absolute atomic E-state index is 12.5. The number of benzene rings is 2. The lowest BCUT2D eigenvalue weighted by Crippen LogP contribution is -2.22. The van der Waals surface area contributed by atoms with E-state index in [0.29, 0.717) is 40.6 Å². The second-order valence-electron chi connectivity index (χ2n) is 5.54. The van der Waals surface area contributed by atoms with E-state index in [1.54, 1.807) is 24.3 Å². The predicted octanol–water partition coefficient (Wildman–Crippen LogP) is 1.88. The highest BCUT2D eigenvalue weighted by molar-refractivity contribution is 5.77. The van der Waals surface area contributed by atoms with Gasteiger partial charge in [0.25, 0.3) is 11.1 Å². The number of hydrogen-bond donors (Lipinski definition) is 1. The molecule has 0 aliphatic heterocycles. The molecule has 2 aromatic carbocycles. The fourth-order valence-electron chi connectivity index (χ4n) is 2.75. The largest absolute Gasteiger partial charge is 0.310 e. The van der Waals surface area contributed by atoms with Crippen molar-refractivity contribution < 1.29 is 0 Å². The van der Waals surface area contributed by atoms with E-state index in [0.717, 1.165) is 0 Å². The van der Waals surface area contributed by atoms with Crippen LogP contribution in [0.5, 0.6) is 0 Å². The predicted molar refractivity (Wildman–Crippen MR) is 92.1 cm³/mol. The molecular weight excluding hydrogens is 304 g/mol. The van der Waals surface area contributed by atoms with E-state index in [9.17, 15) is 9.59 Å². The molecule has 6 heteroatoms. The van der Waals surface area contributed by atoms with Crippen molar-refractivity contribution >= 4 is 21.8 Å². The van der Waals surface area contributed by atoms with E-state index in [1.807, 2.05) is 24.3 Å². The smallest absolute Gasteiger partial charge is 0.261 e. The number of aromatic amines is 1. The summed E-state index contributed by atoms with van der Waals surface area (Å²) in [6.45, 7) is 0.401. The molecule has 24 heavy (non-hydrogen) atoms. The summed E-state index contributed by atoms with van der Waals surface area (Å²) in [7, 11) is 0. The van der Waals surface area contributed by atoms with Gasteiger partial charge in [0.2, 0.25) is 0 Å². The van der Waals surface area contributed by atoms with Gasteiger partial charge in [0, 0.05) is 13.0 Å². The summed E-state index contributed by atoms with van der Waals surface area (Å²) in [5, 5.41) is 1.14. The molecular formula is C18H14N4O2. The van der Waals surface area contributed by atoms with Crippen molar-refractivity contribution in [2.75, 3.05) is 0 Å². The van der Waals surface area contributed by atoms with Crippen molar-refractivity contribution in [3.63, 3.8) is 0 Å². The van der Waals surface area contributed by atoms with Crippen molar-refractivity contribution in [3.05, 3.63) is 81.4 Å². The summed E-state index contributed by atoms with van der Waals surface area (Å²) in [4.78, 5) is 36.1. The van der Waals surface area contributed by atoms with Gasteiger partial charge in [0.1, 0.15) is 5.82 Å². The Morgan fingerprint density at radius 3 is 2.46 bits per heavy atom. The van der Waals surface area contributed by atoms with Gasteiger partial charge in [0.05, 0.1) is 28.1 Å². The second-order valence-corrected chi connectivity index (χ2v) is 5.54. The zero-order chi connectivity index (χ0) is 16.5. The second kappa shape index (κ2) is 5.73. The first-order valence-electron chi connectivity index (χ1n) is 7.64. The van der Waals surface area contributed by atoms with Crippen molar-refractivity contribution in [2.24, 2.45) is 0 Å². The Morgan fingerprint density at radius 1 is 0.917 bits per heavy atom. The SMILES string of the molecule is O=c1[nH]c(CCn2cnc3ccccc3c2=O)nc2ccccc12. The molecule has 4 aromatic rings. The van der Waals surface area contributed by atoms with E-state index in [-0.39, 0.29) is 11.1 Å². The molecule has 2 aromatic heterocycles. The summed E-state index contributed by atoms with van der Waals surface area (Å²) in [5.41, 5.74) is 1.07. The monoisotopic (exact) mass is 318 g/mol.